The Bertz CT molecular complexity index is 1020. The van der Waals surface area contributed by atoms with Crippen LogP contribution in [0, 0.1) is 11.7 Å². The Kier molecular flexibility index (Phi) is 5.10. The molecule has 1 aromatic carbocycles. The lowest BCUT2D eigenvalue weighted by Gasteiger charge is -2.40. The van der Waals surface area contributed by atoms with E-state index >= 15 is 0 Å². The molecule has 2 aliphatic rings. The maximum Gasteiger partial charge on any atom is 0.288 e. The van der Waals surface area contributed by atoms with Crippen molar-refractivity contribution in [1.29, 1.82) is 0 Å². The fourth-order valence-electron chi connectivity index (χ4n) is 3.69. The third-order valence-electron chi connectivity index (χ3n) is 5.23. The SMILES string of the molecule is C[C@]1(c2cc(CC(=O)c3ccc(Cl)cn3)ccc2F)N=C(N)OC2=CCOCC21. The van der Waals surface area contributed by atoms with Crippen LogP contribution in [0.3, 0.4) is 0 Å². The summed E-state index contributed by atoms with van der Waals surface area (Å²) in [5.74, 6) is -0.322. The molecule has 1 unspecified atom stereocenters. The number of pyridine rings is 1. The monoisotopic (exact) mass is 415 g/mol. The van der Waals surface area contributed by atoms with Crippen molar-refractivity contribution in [3.63, 3.8) is 0 Å². The molecule has 1 aromatic heterocycles. The van der Waals surface area contributed by atoms with Gasteiger partial charge in [0.2, 0.25) is 0 Å². The van der Waals surface area contributed by atoms with Gasteiger partial charge in [-0.25, -0.2) is 9.38 Å². The van der Waals surface area contributed by atoms with Crippen molar-refractivity contribution in [2.45, 2.75) is 18.9 Å². The molecule has 0 saturated heterocycles. The maximum atomic E-state index is 14.9. The molecule has 6 nitrogen and oxygen atoms in total. The van der Waals surface area contributed by atoms with Crippen molar-refractivity contribution in [2.75, 3.05) is 13.2 Å². The quantitative estimate of drug-likeness (QED) is 0.773. The molecule has 2 aliphatic heterocycles. The Morgan fingerprint density at radius 2 is 2.21 bits per heavy atom. The molecule has 2 atom stereocenters. The van der Waals surface area contributed by atoms with Crippen LogP contribution >= 0.6 is 11.6 Å². The van der Waals surface area contributed by atoms with Crippen molar-refractivity contribution in [3.05, 3.63) is 76.0 Å². The molecule has 3 heterocycles. The summed E-state index contributed by atoms with van der Waals surface area (Å²) in [6, 6.07) is 7.72. The Morgan fingerprint density at radius 1 is 1.38 bits per heavy atom. The minimum Gasteiger partial charge on any atom is -0.431 e. The average Bonchev–Trinajstić information content (AvgIpc) is 2.69. The van der Waals surface area contributed by atoms with Crippen LogP contribution in [0.1, 0.15) is 28.5 Å². The zero-order chi connectivity index (χ0) is 20.6. The van der Waals surface area contributed by atoms with Gasteiger partial charge in [-0.1, -0.05) is 17.7 Å². The minimum absolute atomic E-state index is 0.0249. The van der Waals surface area contributed by atoms with Crippen LogP contribution in [0.15, 0.2) is 53.4 Å². The third kappa shape index (κ3) is 3.75. The van der Waals surface area contributed by atoms with Gasteiger partial charge in [0.05, 0.1) is 24.2 Å². The van der Waals surface area contributed by atoms with E-state index in [-0.39, 0.29) is 24.1 Å². The highest BCUT2D eigenvalue weighted by Gasteiger charge is 2.45. The van der Waals surface area contributed by atoms with Gasteiger partial charge in [-0.05, 0) is 42.8 Å². The fourth-order valence-corrected chi connectivity index (χ4v) is 3.80. The van der Waals surface area contributed by atoms with Gasteiger partial charge in [-0.15, -0.1) is 0 Å². The first-order valence-corrected chi connectivity index (χ1v) is 9.49. The number of carbonyl (C=O) groups excluding carboxylic acids is 1. The number of benzene rings is 1. The molecule has 29 heavy (non-hydrogen) atoms. The topological polar surface area (TPSA) is 86.8 Å². The number of nitrogens with two attached hydrogens (primary N) is 1. The summed E-state index contributed by atoms with van der Waals surface area (Å²) in [4.78, 5) is 21.0. The Hall–Kier alpha value is -2.77. The molecule has 0 aliphatic carbocycles. The molecule has 0 bridgehead atoms. The number of hydrogen-bond acceptors (Lipinski definition) is 6. The smallest absolute Gasteiger partial charge is 0.288 e. The minimum atomic E-state index is -1.02. The number of aromatic nitrogens is 1. The van der Waals surface area contributed by atoms with E-state index in [4.69, 9.17) is 26.8 Å². The second-order valence-corrected chi connectivity index (χ2v) is 7.61. The van der Waals surface area contributed by atoms with Crippen LogP contribution in [0.5, 0.6) is 0 Å². The van der Waals surface area contributed by atoms with Crippen LogP contribution in [0.2, 0.25) is 5.02 Å². The predicted molar refractivity (Wildman–Crippen MR) is 106 cm³/mol. The van der Waals surface area contributed by atoms with Crippen molar-refractivity contribution < 1.29 is 18.7 Å². The van der Waals surface area contributed by atoms with Gasteiger partial charge in [0.1, 0.15) is 22.8 Å². The molecule has 0 fully saturated rings. The Labute approximate surface area is 172 Å². The van der Waals surface area contributed by atoms with Crippen molar-refractivity contribution in [3.8, 4) is 0 Å². The summed E-state index contributed by atoms with van der Waals surface area (Å²) in [6.07, 6.45) is 3.27. The van der Waals surface area contributed by atoms with Gasteiger partial charge < -0.3 is 15.2 Å². The Balaban J connectivity index is 1.68. The number of hydrogen-bond donors (Lipinski definition) is 1. The van der Waals surface area contributed by atoms with E-state index in [2.05, 4.69) is 9.98 Å². The number of rotatable bonds is 4. The molecule has 0 saturated carbocycles. The number of ketones is 1. The summed E-state index contributed by atoms with van der Waals surface area (Å²) in [5, 5.41) is 0.451. The molecule has 0 radical (unpaired) electrons. The first-order chi connectivity index (χ1) is 13.9. The first kappa shape index (κ1) is 19.5. The molecule has 2 aromatic rings. The summed E-state index contributed by atoms with van der Waals surface area (Å²) in [7, 11) is 0. The van der Waals surface area contributed by atoms with E-state index in [1.165, 1.54) is 12.3 Å². The summed E-state index contributed by atoms with van der Waals surface area (Å²) in [6.45, 7) is 2.52. The van der Waals surface area contributed by atoms with Crippen LogP contribution in [-0.4, -0.2) is 30.0 Å². The van der Waals surface area contributed by atoms with Crippen LogP contribution in [0.4, 0.5) is 4.39 Å². The number of fused-ring (bicyclic) bond motifs is 1. The molecular formula is C21H19ClFN3O3. The number of nitrogens with zero attached hydrogens (tertiary/aromatic N) is 2. The molecule has 8 heteroatoms. The van der Waals surface area contributed by atoms with Gasteiger partial charge in [0, 0.05) is 18.2 Å². The van der Waals surface area contributed by atoms with Crippen molar-refractivity contribution in [1.82, 2.24) is 4.98 Å². The van der Waals surface area contributed by atoms with Gasteiger partial charge in [0.15, 0.2) is 5.78 Å². The van der Waals surface area contributed by atoms with Gasteiger partial charge in [-0.2, -0.15) is 0 Å². The van der Waals surface area contributed by atoms with Crippen molar-refractivity contribution in [2.24, 2.45) is 16.6 Å². The van der Waals surface area contributed by atoms with Crippen molar-refractivity contribution >= 4 is 23.4 Å². The number of Topliss-reactive ketones (excluding diaryl/α,β-unsaturated/α-hetero) is 1. The summed E-state index contributed by atoms with van der Waals surface area (Å²) >= 11 is 5.82. The molecular weight excluding hydrogens is 397 g/mol. The second-order valence-electron chi connectivity index (χ2n) is 7.17. The second kappa shape index (κ2) is 7.57. The highest BCUT2D eigenvalue weighted by molar-refractivity contribution is 6.30. The van der Waals surface area contributed by atoms with Crippen LogP contribution in [0.25, 0.3) is 0 Å². The highest BCUT2D eigenvalue weighted by Crippen LogP contribution is 2.43. The predicted octanol–water partition coefficient (Wildman–Crippen LogP) is 3.39. The molecule has 4 rings (SSSR count). The number of halogens is 2. The number of amidine groups is 1. The zero-order valence-corrected chi connectivity index (χ0v) is 16.4. The largest absolute Gasteiger partial charge is 0.431 e. The van der Waals surface area contributed by atoms with E-state index in [0.717, 1.165) is 0 Å². The van der Waals surface area contributed by atoms with Gasteiger partial charge in [-0.3, -0.25) is 9.78 Å². The van der Waals surface area contributed by atoms with E-state index in [1.807, 2.05) is 0 Å². The first-order valence-electron chi connectivity index (χ1n) is 9.11. The summed E-state index contributed by atoms with van der Waals surface area (Å²) < 4.78 is 25.9. The average molecular weight is 416 g/mol. The summed E-state index contributed by atoms with van der Waals surface area (Å²) in [5.41, 5.74) is 6.12. The lowest BCUT2D eigenvalue weighted by Crippen LogP contribution is -2.44. The molecule has 0 amide bonds. The van der Waals surface area contributed by atoms with Gasteiger partial charge >= 0.3 is 0 Å². The van der Waals surface area contributed by atoms with E-state index in [1.54, 1.807) is 37.3 Å². The third-order valence-corrected chi connectivity index (χ3v) is 5.45. The standard InChI is InChI=1S/C21H19ClFN3O3/c1-21(15-11-28-7-6-19(15)29-20(24)26-21)14-8-12(2-4-16(14)23)9-18(27)17-5-3-13(22)10-25-17/h2-6,8,10,15H,7,9,11H2,1H3,(H2,24,26)/t15?,21-/m1/s1. The number of ether oxygens (including phenoxy) is 2. The number of aliphatic imine (C=N–C) groups is 1. The van der Waals surface area contributed by atoms with Gasteiger partial charge in [0.25, 0.3) is 6.02 Å². The lowest BCUT2D eigenvalue weighted by atomic mass is 9.77. The lowest BCUT2D eigenvalue weighted by molar-refractivity contribution is 0.0531. The molecule has 2 N–H and O–H groups in total. The van der Waals surface area contributed by atoms with Crippen LogP contribution < -0.4 is 5.73 Å². The van der Waals surface area contributed by atoms with E-state index in [0.29, 0.717) is 40.8 Å². The Morgan fingerprint density at radius 3 is 2.97 bits per heavy atom. The highest BCUT2D eigenvalue weighted by atomic mass is 35.5. The number of carbonyl (C=O) groups is 1. The van der Waals surface area contributed by atoms with E-state index < -0.39 is 11.4 Å². The maximum absolute atomic E-state index is 14.9. The zero-order valence-electron chi connectivity index (χ0n) is 15.7. The molecule has 150 valence electrons. The van der Waals surface area contributed by atoms with E-state index in [9.17, 15) is 9.18 Å². The normalized spacial score (nSPS) is 23.5. The fraction of sp³-hybridized carbons (Fsp3) is 0.286. The molecule has 0 spiro atoms. The van der Waals surface area contributed by atoms with Crippen LogP contribution in [-0.2, 0) is 21.4 Å².